The van der Waals surface area contributed by atoms with Gasteiger partial charge in [0, 0.05) is 11.6 Å². The van der Waals surface area contributed by atoms with Gasteiger partial charge in [-0.05, 0) is 25.3 Å². The minimum Gasteiger partial charge on any atom is -0.370 e. The third-order valence-electron chi connectivity index (χ3n) is 4.47. The molecule has 98 valence electrons. The van der Waals surface area contributed by atoms with Gasteiger partial charge in [0.2, 0.25) is 0 Å². The van der Waals surface area contributed by atoms with E-state index in [1.807, 2.05) is 0 Å². The highest BCUT2D eigenvalue weighted by molar-refractivity contribution is 5.20. The highest BCUT2D eigenvalue weighted by atomic mass is 16.5. The van der Waals surface area contributed by atoms with E-state index < -0.39 is 0 Å². The Morgan fingerprint density at radius 2 is 1.83 bits per heavy atom. The maximum atomic E-state index is 6.21. The summed E-state index contributed by atoms with van der Waals surface area (Å²) in [5.41, 5.74) is 1.56. The van der Waals surface area contributed by atoms with Gasteiger partial charge in [-0.3, -0.25) is 0 Å². The Balaban J connectivity index is 1.72. The summed E-state index contributed by atoms with van der Waals surface area (Å²) in [7, 11) is 0. The minimum absolute atomic E-state index is 0.207. The zero-order valence-electron chi connectivity index (χ0n) is 11.2. The Kier molecular flexibility index (Phi) is 3.40. The fourth-order valence-electron chi connectivity index (χ4n) is 3.54. The molecular formula is C16H23NO. The average molecular weight is 245 g/mol. The highest BCUT2D eigenvalue weighted by Gasteiger charge is 2.40. The van der Waals surface area contributed by atoms with Gasteiger partial charge in [-0.2, -0.15) is 0 Å². The van der Waals surface area contributed by atoms with Crippen LogP contribution in [0.15, 0.2) is 30.3 Å². The lowest BCUT2D eigenvalue weighted by Crippen LogP contribution is -2.59. The number of morpholine rings is 1. The van der Waals surface area contributed by atoms with Crippen LogP contribution < -0.4 is 5.32 Å². The van der Waals surface area contributed by atoms with E-state index in [1.54, 1.807) is 0 Å². The van der Waals surface area contributed by atoms with Crippen LogP contribution in [0.2, 0.25) is 0 Å². The SMILES string of the molecule is CC1NC2(CCCCC2)COC1c1ccccc1. The summed E-state index contributed by atoms with van der Waals surface area (Å²) in [4.78, 5) is 0. The molecule has 1 spiro atoms. The Labute approximate surface area is 110 Å². The number of ether oxygens (including phenoxy) is 1. The number of hydrogen-bond donors (Lipinski definition) is 1. The Hall–Kier alpha value is -0.860. The molecule has 2 atom stereocenters. The van der Waals surface area contributed by atoms with E-state index in [2.05, 4.69) is 42.6 Å². The molecule has 2 unspecified atom stereocenters. The van der Waals surface area contributed by atoms with E-state index in [4.69, 9.17) is 4.74 Å². The lowest BCUT2D eigenvalue weighted by molar-refractivity contribution is -0.0714. The molecular weight excluding hydrogens is 222 g/mol. The van der Waals surface area contributed by atoms with Crippen molar-refractivity contribution < 1.29 is 4.74 Å². The zero-order chi connectivity index (χ0) is 12.4. The van der Waals surface area contributed by atoms with E-state index in [-0.39, 0.29) is 11.6 Å². The molecule has 2 heteroatoms. The molecule has 1 aromatic rings. The van der Waals surface area contributed by atoms with Gasteiger partial charge in [0.25, 0.3) is 0 Å². The van der Waals surface area contributed by atoms with Crippen LogP contribution in [0.1, 0.15) is 50.7 Å². The van der Waals surface area contributed by atoms with E-state index in [1.165, 1.54) is 37.7 Å². The van der Waals surface area contributed by atoms with Gasteiger partial charge in [0.1, 0.15) is 0 Å². The van der Waals surface area contributed by atoms with E-state index in [0.29, 0.717) is 6.04 Å². The first-order chi connectivity index (χ1) is 8.79. The summed E-state index contributed by atoms with van der Waals surface area (Å²) in [6.07, 6.45) is 6.84. The lowest BCUT2D eigenvalue weighted by atomic mass is 9.80. The van der Waals surface area contributed by atoms with Crippen LogP contribution in [0.5, 0.6) is 0 Å². The quantitative estimate of drug-likeness (QED) is 0.818. The van der Waals surface area contributed by atoms with Crippen LogP contribution in [0.4, 0.5) is 0 Å². The molecule has 1 aliphatic carbocycles. The fourth-order valence-corrected chi connectivity index (χ4v) is 3.54. The van der Waals surface area contributed by atoms with Crippen molar-refractivity contribution >= 4 is 0 Å². The molecule has 1 aromatic carbocycles. The first-order valence-electron chi connectivity index (χ1n) is 7.23. The maximum Gasteiger partial charge on any atom is 0.0976 e. The van der Waals surface area contributed by atoms with Crippen LogP contribution in [0.25, 0.3) is 0 Å². The van der Waals surface area contributed by atoms with Crippen LogP contribution in [0, 0.1) is 0 Å². The monoisotopic (exact) mass is 245 g/mol. The number of benzene rings is 1. The van der Waals surface area contributed by atoms with E-state index >= 15 is 0 Å². The van der Waals surface area contributed by atoms with Crippen LogP contribution in [-0.4, -0.2) is 18.2 Å². The van der Waals surface area contributed by atoms with Crippen molar-refractivity contribution in [1.29, 1.82) is 0 Å². The molecule has 1 heterocycles. The largest absolute Gasteiger partial charge is 0.370 e. The minimum atomic E-state index is 0.207. The van der Waals surface area contributed by atoms with Crippen LogP contribution in [-0.2, 0) is 4.74 Å². The number of hydrogen-bond acceptors (Lipinski definition) is 2. The van der Waals surface area contributed by atoms with Gasteiger partial charge < -0.3 is 10.1 Å². The second-order valence-electron chi connectivity index (χ2n) is 5.92. The van der Waals surface area contributed by atoms with Crippen LogP contribution in [0.3, 0.4) is 0 Å². The van der Waals surface area contributed by atoms with Crippen molar-refractivity contribution in [2.24, 2.45) is 0 Å². The molecule has 2 fully saturated rings. The Bertz CT molecular complexity index is 383. The van der Waals surface area contributed by atoms with Crippen molar-refractivity contribution in [3.8, 4) is 0 Å². The molecule has 0 radical (unpaired) electrons. The molecule has 1 N–H and O–H groups in total. The van der Waals surface area contributed by atoms with Gasteiger partial charge in [-0.25, -0.2) is 0 Å². The van der Waals surface area contributed by atoms with Gasteiger partial charge >= 0.3 is 0 Å². The Morgan fingerprint density at radius 3 is 2.50 bits per heavy atom. The molecule has 2 nitrogen and oxygen atoms in total. The number of nitrogens with one attached hydrogen (secondary N) is 1. The summed E-state index contributed by atoms with van der Waals surface area (Å²) >= 11 is 0. The third-order valence-corrected chi connectivity index (χ3v) is 4.47. The molecule has 0 aromatic heterocycles. The molecule has 2 aliphatic rings. The van der Waals surface area contributed by atoms with Crippen molar-refractivity contribution in [3.63, 3.8) is 0 Å². The first-order valence-corrected chi connectivity index (χ1v) is 7.23. The fraction of sp³-hybridized carbons (Fsp3) is 0.625. The molecule has 1 aliphatic heterocycles. The summed E-state index contributed by atoms with van der Waals surface area (Å²) in [5, 5.41) is 3.86. The third kappa shape index (κ3) is 2.32. The smallest absolute Gasteiger partial charge is 0.0976 e. The molecule has 18 heavy (non-hydrogen) atoms. The lowest BCUT2D eigenvalue weighted by Gasteiger charge is -2.47. The summed E-state index contributed by atoms with van der Waals surface area (Å²) in [5.74, 6) is 0. The zero-order valence-corrected chi connectivity index (χ0v) is 11.2. The van der Waals surface area contributed by atoms with Crippen molar-refractivity contribution in [2.75, 3.05) is 6.61 Å². The van der Waals surface area contributed by atoms with Gasteiger partial charge in [-0.1, -0.05) is 49.6 Å². The summed E-state index contributed by atoms with van der Waals surface area (Å²) in [6.45, 7) is 3.13. The molecule has 0 bridgehead atoms. The Morgan fingerprint density at radius 1 is 1.11 bits per heavy atom. The molecule has 0 amide bonds. The van der Waals surface area contributed by atoms with Crippen molar-refractivity contribution in [3.05, 3.63) is 35.9 Å². The predicted molar refractivity (Wildman–Crippen MR) is 73.5 cm³/mol. The second kappa shape index (κ2) is 5.02. The number of rotatable bonds is 1. The highest BCUT2D eigenvalue weighted by Crippen LogP contribution is 2.36. The topological polar surface area (TPSA) is 21.3 Å². The maximum absolute atomic E-state index is 6.21. The van der Waals surface area contributed by atoms with Gasteiger partial charge in [-0.15, -0.1) is 0 Å². The normalized spacial score (nSPS) is 31.4. The van der Waals surface area contributed by atoms with E-state index in [9.17, 15) is 0 Å². The average Bonchev–Trinajstić information content (AvgIpc) is 2.41. The predicted octanol–water partition coefficient (Wildman–Crippen LogP) is 3.44. The van der Waals surface area contributed by atoms with E-state index in [0.717, 1.165) is 6.61 Å². The summed E-state index contributed by atoms with van der Waals surface area (Å²) in [6, 6.07) is 11.0. The summed E-state index contributed by atoms with van der Waals surface area (Å²) < 4.78 is 6.21. The van der Waals surface area contributed by atoms with Crippen molar-refractivity contribution in [2.45, 2.75) is 56.7 Å². The van der Waals surface area contributed by atoms with Gasteiger partial charge in [0.15, 0.2) is 0 Å². The molecule has 1 saturated carbocycles. The van der Waals surface area contributed by atoms with Crippen LogP contribution >= 0.6 is 0 Å². The molecule has 1 saturated heterocycles. The van der Waals surface area contributed by atoms with Crippen molar-refractivity contribution in [1.82, 2.24) is 5.32 Å². The standard InChI is InChI=1S/C16H23NO/c1-13-15(14-8-4-2-5-9-14)18-12-16(17-13)10-6-3-7-11-16/h2,4-5,8-9,13,15,17H,3,6-7,10-12H2,1H3. The molecule has 3 rings (SSSR count). The van der Waals surface area contributed by atoms with Gasteiger partial charge in [0.05, 0.1) is 12.7 Å². The first kappa shape index (κ1) is 12.2. The second-order valence-corrected chi connectivity index (χ2v) is 5.92.